The highest BCUT2D eigenvalue weighted by atomic mass is 79.9. The third-order valence-electron chi connectivity index (χ3n) is 2.90. The second-order valence-corrected chi connectivity index (χ2v) is 4.59. The van der Waals surface area contributed by atoms with Crippen LogP contribution < -0.4 is 4.74 Å². The van der Waals surface area contributed by atoms with Gasteiger partial charge in [0.15, 0.2) is 0 Å². The van der Waals surface area contributed by atoms with Crippen molar-refractivity contribution in [2.75, 3.05) is 13.7 Å². The van der Waals surface area contributed by atoms with Crippen molar-refractivity contribution in [3.8, 4) is 5.75 Å². The maximum atomic E-state index is 8.36. The predicted octanol–water partition coefficient (Wildman–Crippen LogP) is 4.06. The number of azide groups is 1. The molecule has 4 nitrogen and oxygen atoms in total. The number of hydrogen-bond donors (Lipinski definition) is 0. The lowest BCUT2D eigenvalue weighted by Crippen LogP contribution is -2.06. The molecule has 0 saturated heterocycles. The lowest BCUT2D eigenvalue weighted by atomic mass is 9.91. The topological polar surface area (TPSA) is 58.0 Å². The molecule has 0 unspecified atom stereocenters. The standard InChI is InChI=1S/C12H12BrN3O/c1-17-11-4-2-3-10-9(11)6-5-8(12(10)13)7-15-16-14/h2-4H,5-7H2,1H3. The van der Waals surface area contributed by atoms with Crippen LogP contribution in [0.4, 0.5) is 0 Å². The molecule has 2 rings (SSSR count). The number of nitrogens with zero attached hydrogens (tertiary/aromatic N) is 3. The number of rotatable bonds is 3. The average Bonchev–Trinajstić information content (AvgIpc) is 2.37. The van der Waals surface area contributed by atoms with Crippen molar-refractivity contribution in [1.82, 2.24) is 0 Å². The van der Waals surface area contributed by atoms with E-state index in [-0.39, 0.29) is 0 Å². The van der Waals surface area contributed by atoms with E-state index in [2.05, 4.69) is 32.0 Å². The van der Waals surface area contributed by atoms with E-state index in [1.165, 1.54) is 5.56 Å². The third-order valence-corrected chi connectivity index (χ3v) is 3.89. The van der Waals surface area contributed by atoms with Crippen LogP contribution in [0.15, 0.2) is 28.9 Å². The number of hydrogen-bond acceptors (Lipinski definition) is 2. The Hall–Kier alpha value is -1.45. The fourth-order valence-electron chi connectivity index (χ4n) is 2.06. The molecule has 0 heterocycles. The zero-order chi connectivity index (χ0) is 12.3. The molecular weight excluding hydrogens is 282 g/mol. The summed E-state index contributed by atoms with van der Waals surface area (Å²) in [6, 6.07) is 5.99. The average molecular weight is 294 g/mol. The van der Waals surface area contributed by atoms with Crippen molar-refractivity contribution in [2.24, 2.45) is 5.11 Å². The Morgan fingerprint density at radius 2 is 2.29 bits per heavy atom. The van der Waals surface area contributed by atoms with Gasteiger partial charge in [-0.15, -0.1) is 0 Å². The minimum Gasteiger partial charge on any atom is -0.496 e. The third kappa shape index (κ3) is 2.30. The molecular formula is C12H12BrN3O. The van der Waals surface area contributed by atoms with Crippen LogP contribution in [-0.2, 0) is 6.42 Å². The van der Waals surface area contributed by atoms with Gasteiger partial charge in [0.25, 0.3) is 0 Å². The van der Waals surface area contributed by atoms with Gasteiger partial charge in [-0.25, -0.2) is 0 Å². The van der Waals surface area contributed by atoms with Crippen molar-refractivity contribution in [3.05, 3.63) is 45.3 Å². The summed E-state index contributed by atoms with van der Waals surface area (Å²) in [6.45, 7) is 0.424. The zero-order valence-corrected chi connectivity index (χ0v) is 11.1. The van der Waals surface area contributed by atoms with E-state index in [1.807, 2.05) is 12.1 Å². The summed E-state index contributed by atoms with van der Waals surface area (Å²) in [5, 5.41) is 3.62. The largest absolute Gasteiger partial charge is 0.496 e. The number of ether oxygens (including phenoxy) is 1. The Kier molecular flexibility index (Phi) is 3.71. The minimum absolute atomic E-state index is 0.424. The van der Waals surface area contributed by atoms with Crippen molar-refractivity contribution in [2.45, 2.75) is 12.8 Å². The van der Waals surface area contributed by atoms with Crippen LogP contribution in [0.1, 0.15) is 17.5 Å². The van der Waals surface area contributed by atoms with Crippen LogP contribution >= 0.6 is 15.9 Å². The van der Waals surface area contributed by atoms with Crippen molar-refractivity contribution < 1.29 is 4.74 Å². The first-order valence-corrected chi connectivity index (χ1v) is 6.12. The zero-order valence-electron chi connectivity index (χ0n) is 9.48. The highest BCUT2D eigenvalue weighted by Crippen LogP contribution is 2.39. The SMILES string of the molecule is COc1cccc2c1CCC(CN=[N+]=[N-])=C2Br. The molecule has 0 amide bonds. The molecule has 0 fully saturated rings. The molecule has 0 radical (unpaired) electrons. The second kappa shape index (κ2) is 5.25. The Balaban J connectivity index is 2.45. The summed E-state index contributed by atoms with van der Waals surface area (Å²) < 4.78 is 6.38. The van der Waals surface area contributed by atoms with E-state index < -0.39 is 0 Å². The molecule has 0 bridgehead atoms. The van der Waals surface area contributed by atoms with Gasteiger partial charge in [-0.1, -0.05) is 33.2 Å². The normalized spacial score (nSPS) is 14.0. The Morgan fingerprint density at radius 1 is 1.47 bits per heavy atom. The molecule has 0 saturated carbocycles. The van der Waals surface area contributed by atoms with Crippen LogP contribution in [-0.4, -0.2) is 13.7 Å². The number of halogens is 1. The van der Waals surface area contributed by atoms with Gasteiger partial charge in [-0.3, -0.25) is 0 Å². The summed E-state index contributed by atoms with van der Waals surface area (Å²) in [4.78, 5) is 2.80. The molecule has 1 aromatic rings. The van der Waals surface area contributed by atoms with Crippen molar-refractivity contribution >= 4 is 20.4 Å². The summed E-state index contributed by atoms with van der Waals surface area (Å²) in [5.74, 6) is 0.919. The minimum atomic E-state index is 0.424. The Labute approximate surface area is 108 Å². The molecule has 1 aliphatic rings. The predicted molar refractivity (Wildman–Crippen MR) is 71.2 cm³/mol. The molecule has 5 heteroatoms. The Morgan fingerprint density at radius 3 is 3.00 bits per heavy atom. The second-order valence-electron chi connectivity index (χ2n) is 3.79. The van der Waals surface area contributed by atoms with Crippen LogP contribution in [0.3, 0.4) is 0 Å². The Bertz CT molecular complexity index is 518. The maximum absolute atomic E-state index is 8.36. The van der Waals surface area contributed by atoms with E-state index in [4.69, 9.17) is 10.3 Å². The summed E-state index contributed by atoms with van der Waals surface area (Å²) >= 11 is 3.59. The molecule has 0 spiro atoms. The van der Waals surface area contributed by atoms with Crippen LogP contribution in [0.2, 0.25) is 0 Å². The van der Waals surface area contributed by atoms with E-state index >= 15 is 0 Å². The van der Waals surface area contributed by atoms with E-state index in [1.54, 1.807) is 7.11 Å². The van der Waals surface area contributed by atoms with Gasteiger partial charge in [0.05, 0.1) is 7.11 Å². The number of benzene rings is 1. The van der Waals surface area contributed by atoms with E-state index in [0.717, 1.165) is 34.2 Å². The van der Waals surface area contributed by atoms with Gasteiger partial charge < -0.3 is 4.74 Å². The number of methoxy groups -OCH3 is 1. The summed E-state index contributed by atoms with van der Waals surface area (Å²) in [7, 11) is 1.68. The molecule has 0 atom stereocenters. The molecule has 17 heavy (non-hydrogen) atoms. The lowest BCUT2D eigenvalue weighted by Gasteiger charge is -2.21. The summed E-state index contributed by atoms with van der Waals surface area (Å²) in [6.07, 6.45) is 1.82. The lowest BCUT2D eigenvalue weighted by molar-refractivity contribution is 0.409. The molecule has 0 aromatic heterocycles. The van der Waals surface area contributed by atoms with Crippen molar-refractivity contribution in [1.29, 1.82) is 0 Å². The van der Waals surface area contributed by atoms with E-state index in [9.17, 15) is 0 Å². The van der Waals surface area contributed by atoms with Gasteiger partial charge in [-0.05, 0) is 35.6 Å². The fourth-order valence-corrected chi connectivity index (χ4v) is 2.76. The van der Waals surface area contributed by atoms with Gasteiger partial charge in [-0.2, -0.15) is 0 Å². The van der Waals surface area contributed by atoms with Crippen LogP contribution in [0.25, 0.3) is 14.9 Å². The maximum Gasteiger partial charge on any atom is 0.122 e. The first-order valence-electron chi connectivity index (χ1n) is 5.32. The van der Waals surface area contributed by atoms with Gasteiger partial charge >= 0.3 is 0 Å². The first-order chi connectivity index (χ1) is 8.27. The highest BCUT2D eigenvalue weighted by Gasteiger charge is 2.19. The van der Waals surface area contributed by atoms with Gasteiger partial charge in [0.2, 0.25) is 0 Å². The van der Waals surface area contributed by atoms with Crippen molar-refractivity contribution in [3.63, 3.8) is 0 Å². The summed E-state index contributed by atoms with van der Waals surface area (Å²) in [5.41, 5.74) is 11.9. The van der Waals surface area contributed by atoms with Crippen LogP contribution in [0, 0.1) is 0 Å². The number of fused-ring (bicyclic) bond motifs is 1. The van der Waals surface area contributed by atoms with Gasteiger partial charge in [0, 0.05) is 21.5 Å². The molecule has 0 aliphatic heterocycles. The molecule has 88 valence electrons. The fraction of sp³-hybridized carbons (Fsp3) is 0.333. The molecule has 1 aliphatic carbocycles. The molecule has 1 aromatic carbocycles. The quantitative estimate of drug-likeness (QED) is 0.471. The monoisotopic (exact) mass is 293 g/mol. The van der Waals surface area contributed by atoms with Gasteiger partial charge in [0.1, 0.15) is 5.75 Å². The smallest absolute Gasteiger partial charge is 0.122 e. The first kappa shape index (κ1) is 12.0. The van der Waals surface area contributed by atoms with Crippen LogP contribution in [0.5, 0.6) is 5.75 Å². The van der Waals surface area contributed by atoms with E-state index in [0.29, 0.717) is 6.54 Å². The highest BCUT2D eigenvalue weighted by molar-refractivity contribution is 9.15. The molecule has 0 N–H and O–H groups in total.